The van der Waals surface area contributed by atoms with Gasteiger partial charge >= 0.3 is 0 Å². The van der Waals surface area contributed by atoms with E-state index < -0.39 is 6.04 Å². The average Bonchev–Trinajstić information content (AvgIpc) is 2.72. The summed E-state index contributed by atoms with van der Waals surface area (Å²) in [4.78, 5) is 26.5. The van der Waals surface area contributed by atoms with E-state index in [2.05, 4.69) is 5.32 Å². The van der Waals surface area contributed by atoms with Crippen LogP contribution < -0.4 is 20.5 Å². The van der Waals surface area contributed by atoms with Gasteiger partial charge in [0.2, 0.25) is 11.8 Å². The molecule has 148 valence electrons. The summed E-state index contributed by atoms with van der Waals surface area (Å²) < 4.78 is 11.0. The molecule has 1 unspecified atom stereocenters. The van der Waals surface area contributed by atoms with E-state index in [4.69, 9.17) is 15.2 Å². The zero-order valence-corrected chi connectivity index (χ0v) is 15.9. The van der Waals surface area contributed by atoms with Gasteiger partial charge in [-0.05, 0) is 24.6 Å². The molecule has 28 heavy (non-hydrogen) atoms. The van der Waals surface area contributed by atoms with Gasteiger partial charge in [-0.15, -0.1) is 0 Å². The van der Waals surface area contributed by atoms with Crippen LogP contribution >= 0.6 is 0 Å². The zero-order valence-electron chi connectivity index (χ0n) is 15.9. The summed E-state index contributed by atoms with van der Waals surface area (Å²) in [6.07, 6.45) is 0.148. The monoisotopic (exact) mass is 383 g/mol. The Labute approximate surface area is 164 Å². The predicted molar refractivity (Wildman–Crippen MR) is 106 cm³/mol. The van der Waals surface area contributed by atoms with Gasteiger partial charge in [-0.3, -0.25) is 9.59 Å². The molecule has 1 aliphatic heterocycles. The highest BCUT2D eigenvalue weighted by Gasteiger charge is 2.20. The average molecular weight is 383 g/mol. The molecule has 3 N–H and O–H groups in total. The molecule has 0 aromatic heterocycles. The smallest absolute Gasteiger partial charge is 0.243 e. The van der Waals surface area contributed by atoms with Crippen LogP contribution in [-0.4, -0.2) is 43.0 Å². The minimum Gasteiger partial charge on any atom is -0.486 e. The number of benzene rings is 2. The third-order valence-corrected chi connectivity index (χ3v) is 4.52. The molecular formula is C21H25N3O4. The van der Waals surface area contributed by atoms with E-state index in [0.717, 1.165) is 5.56 Å². The molecule has 2 aromatic carbocycles. The first kappa shape index (κ1) is 19.7. The van der Waals surface area contributed by atoms with E-state index >= 15 is 0 Å². The van der Waals surface area contributed by atoms with Gasteiger partial charge < -0.3 is 25.4 Å². The Kier molecular flexibility index (Phi) is 6.49. The van der Waals surface area contributed by atoms with Gasteiger partial charge in [-0.2, -0.15) is 0 Å². The Morgan fingerprint density at radius 2 is 1.82 bits per heavy atom. The molecule has 2 aromatic rings. The van der Waals surface area contributed by atoms with Crippen molar-refractivity contribution in [3.8, 4) is 11.5 Å². The summed E-state index contributed by atoms with van der Waals surface area (Å²) in [7, 11) is 0. The van der Waals surface area contributed by atoms with Crippen LogP contribution in [0.2, 0.25) is 0 Å². The number of nitrogens with one attached hydrogen (secondary N) is 1. The summed E-state index contributed by atoms with van der Waals surface area (Å²) in [6.45, 7) is 3.21. The van der Waals surface area contributed by atoms with E-state index in [1.54, 1.807) is 18.2 Å². The number of nitrogens with zero attached hydrogens (tertiary/aromatic N) is 1. The van der Waals surface area contributed by atoms with Crippen molar-refractivity contribution < 1.29 is 19.1 Å². The van der Waals surface area contributed by atoms with Crippen molar-refractivity contribution in [3.05, 3.63) is 54.1 Å². The first-order chi connectivity index (χ1) is 13.6. The lowest BCUT2D eigenvalue weighted by Crippen LogP contribution is -2.39. The Bertz CT molecular complexity index is 826. The second-order valence-corrected chi connectivity index (χ2v) is 6.54. The van der Waals surface area contributed by atoms with Gasteiger partial charge in [0.05, 0.1) is 6.54 Å². The molecule has 1 aliphatic rings. The van der Waals surface area contributed by atoms with E-state index in [1.807, 2.05) is 37.3 Å². The number of nitrogens with two attached hydrogens (primary N) is 1. The van der Waals surface area contributed by atoms with Crippen molar-refractivity contribution in [2.75, 3.05) is 31.6 Å². The number of fused-ring (bicyclic) bond motifs is 1. The van der Waals surface area contributed by atoms with Gasteiger partial charge in [0.15, 0.2) is 11.5 Å². The van der Waals surface area contributed by atoms with E-state index in [-0.39, 0.29) is 24.8 Å². The van der Waals surface area contributed by atoms with Gasteiger partial charge in [-0.1, -0.05) is 30.3 Å². The van der Waals surface area contributed by atoms with Crippen LogP contribution in [0.1, 0.15) is 24.9 Å². The first-order valence-corrected chi connectivity index (χ1v) is 9.34. The van der Waals surface area contributed by atoms with Crippen molar-refractivity contribution in [1.29, 1.82) is 0 Å². The highest BCUT2D eigenvalue weighted by atomic mass is 16.6. The molecule has 1 heterocycles. The van der Waals surface area contributed by atoms with Crippen LogP contribution in [0.25, 0.3) is 0 Å². The number of carbonyl (C=O) groups is 2. The quantitative estimate of drug-likeness (QED) is 0.765. The highest BCUT2D eigenvalue weighted by Crippen LogP contribution is 2.32. The number of carbonyl (C=O) groups excluding carboxylic acids is 2. The van der Waals surface area contributed by atoms with E-state index in [1.165, 1.54) is 4.90 Å². The fraction of sp³-hybridized carbons (Fsp3) is 0.333. The molecule has 3 rings (SSSR count). The number of hydrogen-bond donors (Lipinski definition) is 2. The summed E-state index contributed by atoms with van der Waals surface area (Å²) in [5.74, 6) is 0.821. The van der Waals surface area contributed by atoms with Crippen molar-refractivity contribution in [2.45, 2.75) is 19.4 Å². The molecular weight excluding hydrogens is 358 g/mol. The number of hydrogen-bond acceptors (Lipinski definition) is 5. The number of likely N-dealkylation sites (N-methyl/N-ethyl adjacent to an activating group) is 1. The Balaban J connectivity index is 1.56. The van der Waals surface area contributed by atoms with Crippen molar-refractivity contribution >= 4 is 17.5 Å². The molecule has 2 amide bonds. The van der Waals surface area contributed by atoms with Crippen molar-refractivity contribution in [2.24, 2.45) is 5.73 Å². The fourth-order valence-electron chi connectivity index (χ4n) is 3.01. The largest absolute Gasteiger partial charge is 0.486 e. The molecule has 0 aliphatic carbocycles. The van der Waals surface area contributed by atoms with Crippen LogP contribution in [0.5, 0.6) is 11.5 Å². The SMILES string of the molecule is CCN(CC(=O)Nc1ccc2c(c1)OCCO2)C(=O)CC(N)c1ccccc1. The number of amides is 2. The Morgan fingerprint density at radius 3 is 2.54 bits per heavy atom. The number of anilines is 1. The zero-order chi connectivity index (χ0) is 19.9. The lowest BCUT2D eigenvalue weighted by molar-refractivity contribution is -0.134. The minimum atomic E-state index is -0.399. The van der Waals surface area contributed by atoms with E-state index in [0.29, 0.717) is 36.9 Å². The molecule has 0 saturated heterocycles. The standard InChI is InChI=1S/C21H25N3O4/c1-2-24(21(26)13-17(22)15-6-4-3-5-7-15)14-20(25)23-16-8-9-18-19(12-16)28-11-10-27-18/h3-9,12,17H,2,10-11,13-14,22H2,1H3,(H,23,25). The first-order valence-electron chi connectivity index (χ1n) is 9.34. The van der Waals surface area contributed by atoms with Crippen LogP contribution in [-0.2, 0) is 9.59 Å². The Hall–Kier alpha value is -3.06. The lowest BCUT2D eigenvalue weighted by Gasteiger charge is -2.23. The van der Waals surface area contributed by atoms with Crippen LogP contribution in [0.4, 0.5) is 5.69 Å². The summed E-state index contributed by atoms with van der Waals surface area (Å²) >= 11 is 0. The maximum Gasteiger partial charge on any atom is 0.243 e. The van der Waals surface area contributed by atoms with Crippen LogP contribution in [0.15, 0.2) is 48.5 Å². The molecule has 7 nitrogen and oxygen atoms in total. The minimum absolute atomic E-state index is 0.0364. The number of rotatable bonds is 7. The van der Waals surface area contributed by atoms with Crippen molar-refractivity contribution in [1.82, 2.24) is 4.90 Å². The van der Waals surface area contributed by atoms with Crippen LogP contribution in [0.3, 0.4) is 0 Å². The Morgan fingerprint density at radius 1 is 1.11 bits per heavy atom. The second kappa shape index (κ2) is 9.23. The summed E-state index contributed by atoms with van der Waals surface area (Å²) in [5, 5.41) is 2.80. The number of ether oxygens (including phenoxy) is 2. The fourth-order valence-corrected chi connectivity index (χ4v) is 3.01. The van der Waals surface area contributed by atoms with Gasteiger partial charge in [-0.25, -0.2) is 0 Å². The maximum absolute atomic E-state index is 12.6. The van der Waals surface area contributed by atoms with Gasteiger partial charge in [0, 0.05) is 30.8 Å². The van der Waals surface area contributed by atoms with Crippen LogP contribution in [0, 0.1) is 0 Å². The summed E-state index contributed by atoms with van der Waals surface area (Å²) in [5.41, 5.74) is 7.63. The second-order valence-electron chi connectivity index (χ2n) is 6.54. The molecule has 7 heteroatoms. The molecule has 0 radical (unpaired) electrons. The van der Waals surface area contributed by atoms with E-state index in [9.17, 15) is 9.59 Å². The summed E-state index contributed by atoms with van der Waals surface area (Å²) in [6, 6.07) is 14.3. The third kappa shape index (κ3) is 5.01. The normalized spacial score (nSPS) is 13.5. The predicted octanol–water partition coefficient (Wildman–Crippen LogP) is 2.33. The third-order valence-electron chi connectivity index (χ3n) is 4.52. The molecule has 0 fully saturated rings. The molecule has 1 atom stereocenters. The van der Waals surface area contributed by atoms with Crippen molar-refractivity contribution in [3.63, 3.8) is 0 Å². The van der Waals surface area contributed by atoms with Gasteiger partial charge in [0.25, 0.3) is 0 Å². The lowest BCUT2D eigenvalue weighted by atomic mass is 10.0. The molecule has 0 spiro atoms. The maximum atomic E-state index is 12.6. The highest BCUT2D eigenvalue weighted by molar-refractivity contribution is 5.94. The van der Waals surface area contributed by atoms with Gasteiger partial charge in [0.1, 0.15) is 13.2 Å². The topological polar surface area (TPSA) is 93.9 Å². The molecule has 0 bridgehead atoms. The molecule has 0 saturated carbocycles.